The summed E-state index contributed by atoms with van der Waals surface area (Å²) in [6, 6.07) is 7.43. The highest BCUT2D eigenvalue weighted by atomic mass is 35.5. The predicted octanol–water partition coefficient (Wildman–Crippen LogP) is 1.72. The van der Waals surface area contributed by atoms with Gasteiger partial charge in [-0.2, -0.15) is 0 Å². The maximum Gasteiger partial charge on any atom is 0.149 e. The predicted molar refractivity (Wildman–Crippen MR) is 67.4 cm³/mol. The molecule has 16 heavy (non-hydrogen) atoms. The first kappa shape index (κ1) is 14.6. The Morgan fingerprint density at radius 3 is 2.31 bits per heavy atom. The number of hydrogen-bond acceptors (Lipinski definition) is 3. The number of rotatable bonds is 4. The summed E-state index contributed by atoms with van der Waals surface area (Å²) in [5.74, 6) is 7.44. The zero-order valence-electron chi connectivity index (χ0n) is 9.45. The summed E-state index contributed by atoms with van der Waals surface area (Å²) >= 11 is 0. The Morgan fingerprint density at radius 2 is 1.75 bits per heavy atom. The summed E-state index contributed by atoms with van der Waals surface area (Å²) in [6.45, 7) is 1.10. The van der Waals surface area contributed by atoms with Crippen LogP contribution in [0.2, 0.25) is 0 Å². The van der Waals surface area contributed by atoms with Crippen LogP contribution in [-0.2, 0) is 0 Å². The summed E-state index contributed by atoms with van der Waals surface area (Å²) in [4.78, 5) is 0. The quantitative estimate of drug-likeness (QED) is 0.815. The molecule has 0 heterocycles. The van der Waals surface area contributed by atoms with E-state index in [2.05, 4.69) is 17.2 Å². The van der Waals surface area contributed by atoms with Gasteiger partial charge in [-0.25, -0.2) is 0 Å². The smallest absolute Gasteiger partial charge is 0.149 e. The second kappa shape index (κ2) is 8.90. The van der Waals surface area contributed by atoms with Crippen LogP contribution < -0.4 is 14.8 Å². The Morgan fingerprint density at radius 1 is 1.12 bits per heavy atom. The largest absolute Gasteiger partial charge is 0.497 e. The van der Waals surface area contributed by atoms with Crippen molar-refractivity contribution >= 4 is 12.4 Å². The van der Waals surface area contributed by atoms with Gasteiger partial charge in [-0.3, -0.25) is 0 Å². The molecule has 1 aromatic carbocycles. The highest BCUT2D eigenvalue weighted by Crippen LogP contribution is 2.16. The zero-order chi connectivity index (χ0) is 10.9. The maximum absolute atomic E-state index is 5.40. The number of ether oxygens (including phenoxy) is 2. The van der Waals surface area contributed by atoms with Crippen LogP contribution in [0.1, 0.15) is 0 Å². The van der Waals surface area contributed by atoms with Crippen molar-refractivity contribution in [2.24, 2.45) is 0 Å². The monoisotopic (exact) mass is 241 g/mol. The molecule has 0 aromatic heterocycles. The fourth-order valence-corrected chi connectivity index (χ4v) is 0.993. The molecule has 0 bridgehead atoms. The minimum Gasteiger partial charge on any atom is -0.497 e. The molecule has 0 saturated carbocycles. The van der Waals surface area contributed by atoms with E-state index in [1.807, 2.05) is 31.3 Å². The van der Waals surface area contributed by atoms with Gasteiger partial charge in [0.25, 0.3) is 0 Å². The Labute approximate surface area is 103 Å². The van der Waals surface area contributed by atoms with Gasteiger partial charge in [-0.15, -0.1) is 12.4 Å². The summed E-state index contributed by atoms with van der Waals surface area (Å²) in [6.07, 6.45) is 0. The molecule has 0 atom stereocenters. The van der Waals surface area contributed by atoms with Crippen LogP contribution in [0.4, 0.5) is 0 Å². The molecule has 0 radical (unpaired) electrons. The van der Waals surface area contributed by atoms with E-state index in [1.165, 1.54) is 0 Å². The first-order valence-corrected chi connectivity index (χ1v) is 4.74. The van der Waals surface area contributed by atoms with Crippen LogP contribution in [0.3, 0.4) is 0 Å². The molecule has 1 aromatic rings. The first-order valence-electron chi connectivity index (χ1n) is 4.74. The fraction of sp³-hybridized carbons (Fsp3) is 0.333. The standard InChI is InChI=1S/C12H15NO2.ClH/c1-13-9-3-4-10-15-12-7-5-11(14-2)6-8-12;/h5-8,13H,9-10H2,1-2H3;1H. The number of methoxy groups -OCH3 is 1. The maximum atomic E-state index is 5.40. The SMILES string of the molecule is CNCC#CCOc1ccc(OC)cc1.Cl. The molecule has 4 heteroatoms. The Balaban J connectivity index is 0.00000225. The fourth-order valence-electron chi connectivity index (χ4n) is 0.993. The van der Waals surface area contributed by atoms with Crippen molar-refractivity contribution < 1.29 is 9.47 Å². The molecule has 1 N–H and O–H groups in total. The minimum atomic E-state index is 0. The Kier molecular flexibility index (Phi) is 8.14. The van der Waals surface area contributed by atoms with E-state index in [4.69, 9.17) is 9.47 Å². The number of nitrogens with one attached hydrogen (secondary N) is 1. The van der Waals surface area contributed by atoms with Crippen molar-refractivity contribution in [1.82, 2.24) is 5.32 Å². The molecule has 0 aliphatic rings. The Hall–Kier alpha value is -1.37. The lowest BCUT2D eigenvalue weighted by molar-refractivity contribution is 0.367. The third-order valence-electron chi connectivity index (χ3n) is 1.76. The van der Waals surface area contributed by atoms with Crippen LogP contribution in [0.25, 0.3) is 0 Å². The third kappa shape index (κ3) is 5.50. The number of hydrogen-bond donors (Lipinski definition) is 1. The van der Waals surface area contributed by atoms with E-state index >= 15 is 0 Å². The van der Waals surface area contributed by atoms with Crippen molar-refractivity contribution in [1.29, 1.82) is 0 Å². The molecule has 3 nitrogen and oxygen atoms in total. The van der Waals surface area contributed by atoms with E-state index in [0.29, 0.717) is 13.2 Å². The van der Waals surface area contributed by atoms with E-state index in [1.54, 1.807) is 7.11 Å². The van der Waals surface area contributed by atoms with Crippen molar-refractivity contribution in [3.05, 3.63) is 24.3 Å². The zero-order valence-corrected chi connectivity index (χ0v) is 10.3. The lowest BCUT2D eigenvalue weighted by atomic mass is 10.3. The van der Waals surface area contributed by atoms with Gasteiger partial charge in [0.2, 0.25) is 0 Å². The molecule has 0 fully saturated rings. The van der Waals surface area contributed by atoms with Gasteiger partial charge in [0.05, 0.1) is 13.7 Å². The van der Waals surface area contributed by atoms with Crippen LogP contribution in [0, 0.1) is 11.8 Å². The van der Waals surface area contributed by atoms with Gasteiger partial charge in [0.1, 0.15) is 18.1 Å². The highest BCUT2D eigenvalue weighted by molar-refractivity contribution is 5.85. The topological polar surface area (TPSA) is 30.5 Å². The molecule has 0 aliphatic heterocycles. The second-order valence-electron chi connectivity index (χ2n) is 2.85. The molecule has 0 aliphatic carbocycles. The van der Waals surface area contributed by atoms with Gasteiger partial charge in [0, 0.05) is 0 Å². The van der Waals surface area contributed by atoms with Gasteiger partial charge in [-0.05, 0) is 31.3 Å². The van der Waals surface area contributed by atoms with Crippen LogP contribution >= 0.6 is 12.4 Å². The molecule has 0 saturated heterocycles. The van der Waals surface area contributed by atoms with Crippen molar-refractivity contribution in [3.8, 4) is 23.3 Å². The summed E-state index contributed by atoms with van der Waals surface area (Å²) in [5.41, 5.74) is 0. The van der Waals surface area contributed by atoms with E-state index in [9.17, 15) is 0 Å². The van der Waals surface area contributed by atoms with Gasteiger partial charge in [0.15, 0.2) is 0 Å². The van der Waals surface area contributed by atoms with Crippen LogP contribution in [0.15, 0.2) is 24.3 Å². The third-order valence-corrected chi connectivity index (χ3v) is 1.76. The van der Waals surface area contributed by atoms with Gasteiger partial charge in [-0.1, -0.05) is 11.8 Å². The lowest BCUT2D eigenvalue weighted by Crippen LogP contribution is -2.05. The second-order valence-corrected chi connectivity index (χ2v) is 2.85. The number of halogens is 1. The van der Waals surface area contributed by atoms with Gasteiger partial charge < -0.3 is 14.8 Å². The Bertz CT molecular complexity index is 340. The average Bonchev–Trinajstić information content (AvgIpc) is 2.30. The average molecular weight is 242 g/mol. The number of benzene rings is 1. The van der Waals surface area contributed by atoms with Crippen molar-refractivity contribution in [2.45, 2.75) is 0 Å². The van der Waals surface area contributed by atoms with E-state index in [-0.39, 0.29) is 12.4 Å². The van der Waals surface area contributed by atoms with E-state index < -0.39 is 0 Å². The van der Waals surface area contributed by atoms with Crippen molar-refractivity contribution in [2.75, 3.05) is 27.3 Å². The van der Waals surface area contributed by atoms with Crippen molar-refractivity contribution in [3.63, 3.8) is 0 Å². The minimum absolute atomic E-state index is 0. The van der Waals surface area contributed by atoms with Crippen LogP contribution in [-0.4, -0.2) is 27.3 Å². The molecule has 0 unspecified atom stereocenters. The molecular formula is C12H16ClNO2. The summed E-state index contributed by atoms with van der Waals surface area (Å²) in [7, 11) is 3.50. The lowest BCUT2D eigenvalue weighted by Gasteiger charge is -2.03. The molecule has 0 spiro atoms. The first-order chi connectivity index (χ1) is 7.36. The normalized spacial score (nSPS) is 8.38. The molecule has 0 amide bonds. The molecular weight excluding hydrogens is 226 g/mol. The van der Waals surface area contributed by atoms with E-state index in [0.717, 1.165) is 11.5 Å². The molecule has 88 valence electrons. The summed E-state index contributed by atoms with van der Waals surface area (Å²) in [5, 5.41) is 2.94. The highest BCUT2D eigenvalue weighted by Gasteiger charge is 1.92. The molecule has 1 rings (SSSR count). The van der Waals surface area contributed by atoms with Gasteiger partial charge >= 0.3 is 0 Å². The van der Waals surface area contributed by atoms with Crippen LogP contribution in [0.5, 0.6) is 11.5 Å². The summed E-state index contributed by atoms with van der Waals surface area (Å²) < 4.78 is 10.4.